The number of carbonyl (C=O) groups is 1. The number of nitrogens with zero attached hydrogens (tertiary/aromatic N) is 1. The van der Waals surface area contributed by atoms with Gasteiger partial charge in [-0.3, -0.25) is 4.79 Å². The fourth-order valence-corrected chi connectivity index (χ4v) is 2.90. The number of ether oxygens (including phenoxy) is 1. The predicted molar refractivity (Wildman–Crippen MR) is 79.7 cm³/mol. The molecule has 5 heteroatoms. The van der Waals surface area contributed by atoms with Crippen molar-refractivity contribution in [1.82, 2.24) is 4.90 Å². The molecular formula is C16H16ClNO3. The van der Waals surface area contributed by atoms with Crippen LogP contribution in [0.4, 0.5) is 0 Å². The Balaban J connectivity index is 1.83. The van der Waals surface area contributed by atoms with E-state index in [0.29, 0.717) is 5.76 Å². The average Bonchev–Trinajstić information content (AvgIpc) is 3.15. The van der Waals surface area contributed by atoms with Gasteiger partial charge >= 0.3 is 0 Å². The van der Waals surface area contributed by atoms with Crippen molar-refractivity contribution >= 4 is 17.5 Å². The van der Waals surface area contributed by atoms with E-state index in [0.717, 1.165) is 30.7 Å². The summed E-state index contributed by atoms with van der Waals surface area (Å²) in [4.78, 5) is 14.4. The van der Waals surface area contributed by atoms with Crippen LogP contribution in [0.2, 0.25) is 5.22 Å². The molecule has 4 nitrogen and oxygen atoms in total. The molecule has 1 aliphatic rings. The highest BCUT2D eigenvalue weighted by molar-refractivity contribution is 6.29. The van der Waals surface area contributed by atoms with Crippen molar-refractivity contribution in [3.05, 3.63) is 52.9 Å². The van der Waals surface area contributed by atoms with Gasteiger partial charge in [0.1, 0.15) is 5.75 Å². The molecule has 1 amide bonds. The maximum atomic E-state index is 12.5. The summed E-state index contributed by atoms with van der Waals surface area (Å²) in [7, 11) is 1.64. The van der Waals surface area contributed by atoms with Crippen molar-refractivity contribution < 1.29 is 13.9 Å². The topological polar surface area (TPSA) is 42.7 Å². The van der Waals surface area contributed by atoms with Crippen molar-refractivity contribution in [2.24, 2.45) is 0 Å². The van der Waals surface area contributed by atoms with Gasteiger partial charge in [-0.1, -0.05) is 12.1 Å². The van der Waals surface area contributed by atoms with Crippen molar-refractivity contribution in [2.75, 3.05) is 13.7 Å². The smallest absolute Gasteiger partial charge is 0.290 e. The van der Waals surface area contributed by atoms with Crippen molar-refractivity contribution in [2.45, 2.75) is 18.9 Å². The lowest BCUT2D eigenvalue weighted by atomic mass is 10.0. The second-order valence-electron chi connectivity index (χ2n) is 5.03. The van der Waals surface area contributed by atoms with Crippen LogP contribution in [0, 0.1) is 0 Å². The van der Waals surface area contributed by atoms with Crippen LogP contribution in [0.15, 0.2) is 40.8 Å². The molecule has 2 aromatic rings. The molecule has 1 atom stereocenters. The summed E-state index contributed by atoms with van der Waals surface area (Å²) in [6, 6.07) is 11.1. The summed E-state index contributed by atoms with van der Waals surface area (Å²) in [6.07, 6.45) is 1.93. The number of benzene rings is 1. The van der Waals surface area contributed by atoms with E-state index in [9.17, 15) is 4.79 Å². The Morgan fingerprint density at radius 2 is 2.05 bits per heavy atom. The van der Waals surface area contributed by atoms with E-state index < -0.39 is 0 Å². The summed E-state index contributed by atoms with van der Waals surface area (Å²) >= 11 is 5.75. The minimum absolute atomic E-state index is 0.0762. The van der Waals surface area contributed by atoms with Crippen LogP contribution >= 0.6 is 11.6 Å². The van der Waals surface area contributed by atoms with Gasteiger partial charge in [0, 0.05) is 6.54 Å². The molecule has 0 aliphatic carbocycles. The quantitative estimate of drug-likeness (QED) is 0.863. The molecule has 21 heavy (non-hydrogen) atoms. The molecule has 1 aromatic carbocycles. The summed E-state index contributed by atoms with van der Waals surface area (Å²) in [5, 5.41) is 0.235. The highest BCUT2D eigenvalue weighted by atomic mass is 35.5. The van der Waals surface area contributed by atoms with Gasteiger partial charge in [0.15, 0.2) is 11.0 Å². The van der Waals surface area contributed by atoms with Gasteiger partial charge in [-0.2, -0.15) is 0 Å². The molecule has 0 N–H and O–H groups in total. The van der Waals surface area contributed by atoms with Crippen LogP contribution < -0.4 is 4.74 Å². The maximum Gasteiger partial charge on any atom is 0.290 e. The van der Waals surface area contributed by atoms with Crippen molar-refractivity contribution in [3.63, 3.8) is 0 Å². The van der Waals surface area contributed by atoms with Crippen LogP contribution in [-0.2, 0) is 0 Å². The Morgan fingerprint density at radius 3 is 2.67 bits per heavy atom. The third-order valence-corrected chi connectivity index (χ3v) is 4.00. The fraction of sp³-hybridized carbons (Fsp3) is 0.312. The molecule has 1 saturated heterocycles. The molecule has 3 rings (SSSR count). The number of hydrogen-bond acceptors (Lipinski definition) is 3. The van der Waals surface area contributed by atoms with Crippen LogP contribution in [-0.4, -0.2) is 24.5 Å². The molecule has 0 radical (unpaired) electrons. The maximum absolute atomic E-state index is 12.5. The number of rotatable bonds is 3. The molecule has 1 fully saturated rings. The van der Waals surface area contributed by atoms with E-state index in [1.54, 1.807) is 19.2 Å². The molecule has 110 valence electrons. The minimum Gasteiger partial charge on any atom is -0.497 e. The van der Waals surface area contributed by atoms with Gasteiger partial charge < -0.3 is 14.1 Å². The van der Waals surface area contributed by atoms with Crippen molar-refractivity contribution in [3.8, 4) is 5.75 Å². The first kappa shape index (κ1) is 14.0. The van der Waals surface area contributed by atoms with Crippen molar-refractivity contribution in [1.29, 1.82) is 0 Å². The number of furan rings is 1. The Bertz CT molecular complexity index is 635. The Morgan fingerprint density at radius 1 is 1.29 bits per heavy atom. The monoisotopic (exact) mass is 305 g/mol. The lowest BCUT2D eigenvalue weighted by Gasteiger charge is -2.24. The molecule has 0 spiro atoms. The van der Waals surface area contributed by atoms with Gasteiger partial charge in [-0.05, 0) is 54.3 Å². The van der Waals surface area contributed by atoms with Crippen LogP contribution in [0.5, 0.6) is 5.75 Å². The molecule has 1 unspecified atom stereocenters. The third kappa shape index (κ3) is 2.76. The van der Waals surface area contributed by atoms with Gasteiger partial charge in [0.25, 0.3) is 5.91 Å². The molecular weight excluding hydrogens is 290 g/mol. The number of methoxy groups -OCH3 is 1. The zero-order valence-corrected chi connectivity index (χ0v) is 12.5. The van der Waals surface area contributed by atoms with E-state index in [1.807, 2.05) is 29.2 Å². The van der Waals surface area contributed by atoms with Crippen LogP contribution in [0.3, 0.4) is 0 Å². The van der Waals surface area contributed by atoms with Gasteiger partial charge in [0.05, 0.1) is 13.2 Å². The number of carbonyl (C=O) groups excluding carboxylic acids is 1. The fourth-order valence-electron chi connectivity index (χ4n) is 2.75. The van der Waals surface area contributed by atoms with E-state index >= 15 is 0 Å². The standard InChI is InChI=1S/C16H16ClNO3/c1-20-12-6-4-11(5-7-12)13-3-2-10-18(13)16(19)14-8-9-15(17)21-14/h4-9,13H,2-3,10H2,1H3. The van der Waals surface area contributed by atoms with E-state index in [-0.39, 0.29) is 17.2 Å². The first-order chi connectivity index (χ1) is 10.2. The summed E-state index contributed by atoms with van der Waals surface area (Å²) in [6.45, 7) is 0.730. The number of hydrogen-bond donors (Lipinski definition) is 0. The normalized spacial score (nSPS) is 18.0. The Hall–Kier alpha value is -1.94. The summed E-state index contributed by atoms with van der Waals surface area (Å²) in [5.74, 6) is 0.994. The molecule has 0 bridgehead atoms. The molecule has 2 heterocycles. The highest BCUT2D eigenvalue weighted by Crippen LogP contribution is 2.34. The first-order valence-corrected chi connectivity index (χ1v) is 7.27. The summed E-state index contributed by atoms with van der Waals surface area (Å²) < 4.78 is 10.4. The Kier molecular flexibility index (Phi) is 3.88. The van der Waals surface area contributed by atoms with Gasteiger partial charge in [-0.25, -0.2) is 0 Å². The van der Waals surface area contributed by atoms with E-state index in [2.05, 4.69) is 0 Å². The zero-order chi connectivity index (χ0) is 14.8. The lowest BCUT2D eigenvalue weighted by molar-refractivity contribution is 0.0703. The Labute approximate surface area is 128 Å². The van der Waals surface area contributed by atoms with E-state index in [4.69, 9.17) is 20.8 Å². The lowest BCUT2D eigenvalue weighted by Crippen LogP contribution is -2.30. The SMILES string of the molecule is COc1ccc(C2CCCN2C(=O)c2ccc(Cl)o2)cc1. The second kappa shape index (κ2) is 5.82. The second-order valence-corrected chi connectivity index (χ2v) is 5.41. The average molecular weight is 306 g/mol. The van der Waals surface area contributed by atoms with E-state index in [1.165, 1.54) is 0 Å². The highest BCUT2D eigenvalue weighted by Gasteiger charge is 2.32. The van der Waals surface area contributed by atoms with Crippen LogP contribution in [0.25, 0.3) is 0 Å². The predicted octanol–water partition coefficient (Wildman–Crippen LogP) is 3.92. The number of halogens is 1. The number of amides is 1. The first-order valence-electron chi connectivity index (χ1n) is 6.89. The van der Waals surface area contributed by atoms with Gasteiger partial charge in [0.2, 0.25) is 0 Å². The summed E-state index contributed by atoms with van der Waals surface area (Å²) in [5.41, 5.74) is 1.11. The molecule has 1 aromatic heterocycles. The van der Waals surface area contributed by atoms with Gasteiger partial charge in [-0.15, -0.1) is 0 Å². The molecule has 1 aliphatic heterocycles. The zero-order valence-electron chi connectivity index (χ0n) is 11.7. The molecule has 0 saturated carbocycles. The minimum atomic E-state index is -0.111. The third-order valence-electron chi connectivity index (χ3n) is 3.80. The number of likely N-dealkylation sites (tertiary alicyclic amines) is 1. The van der Waals surface area contributed by atoms with Crippen LogP contribution in [0.1, 0.15) is 35.0 Å². The largest absolute Gasteiger partial charge is 0.497 e.